The molecule has 11 nitrogen and oxygen atoms in total. The fourth-order valence-corrected chi connectivity index (χ4v) is 5.78. The van der Waals surface area contributed by atoms with Crippen molar-refractivity contribution in [1.82, 2.24) is 8.61 Å². The lowest BCUT2D eigenvalue weighted by atomic mass is 10.2. The SMILES string of the molecule is CS(=O)(=O)N1CCCN(c2ccc(S(=O)(=O)N3CCOCC3)cc2[N+](=O)[O-])CC1. The van der Waals surface area contributed by atoms with Gasteiger partial charge in [-0.25, -0.2) is 21.1 Å². The molecule has 0 aromatic heterocycles. The summed E-state index contributed by atoms with van der Waals surface area (Å²) in [5.74, 6) is 0. The molecule has 2 fully saturated rings. The van der Waals surface area contributed by atoms with Crippen LogP contribution in [0.4, 0.5) is 11.4 Å². The molecule has 1 aromatic carbocycles. The number of nitrogens with zero attached hydrogens (tertiary/aromatic N) is 4. The molecule has 0 radical (unpaired) electrons. The molecular formula is C16H24N4O7S2. The predicted octanol–water partition coefficient (Wildman–Crippen LogP) is 0.0874. The topological polar surface area (TPSA) is 130 Å². The monoisotopic (exact) mass is 448 g/mol. The number of benzene rings is 1. The van der Waals surface area contributed by atoms with E-state index in [4.69, 9.17) is 4.74 Å². The van der Waals surface area contributed by atoms with E-state index in [0.29, 0.717) is 19.5 Å². The highest BCUT2D eigenvalue weighted by Gasteiger charge is 2.31. The van der Waals surface area contributed by atoms with Gasteiger partial charge in [0, 0.05) is 45.3 Å². The van der Waals surface area contributed by atoms with Gasteiger partial charge in [-0.3, -0.25) is 10.1 Å². The summed E-state index contributed by atoms with van der Waals surface area (Å²) < 4.78 is 57.0. The Morgan fingerprint density at radius 1 is 0.966 bits per heavy atom. The highest BCUT2D eigenvalue weighted by molar-refractivity contribution is 7.89. The third-order valence-corrected chi connectivity index (χ3v) is 8.21. The zero-order chi connectivity index (χ0) is 21.2. The lowest BCUT2D eigenvalue weighted by Gasteiger charge is -2.27. The molecule has 2 aliphatic rings. The van der Waals surface area contributed by atoms with Crippen molar-refractivity contribution in [3.8, 4) is 0 Å². The van der Waals surface area contributed by atoms with Crippen molar-refractivity contribution in [3.05, 3.63) is 28.3 Å². The van der Waals surface area contributed by atoms with Gasteiger partial charge in [0.05, 0.1) is 29.3 Å². The number of nitro benzene ring substituents is 1. The molecular weight excluding hydrogens is 424 g/mol. The first-order valence-electron chi connectivity index (χ1n) is 9.17. The number of ether oxygens (including phenoxy) is 1. The first-order valence-corrected chi connectivity index (χ1v) is 12.5. The molecule has 0 N–H and O–H groups in total. The number of rotatable bonds is 5. The van der Waals surface area contributed by atoms with Crippen molar-refractivity contribution < 1.29 is 26.5 Å². The number of hydrogen-bond acceptors (Lipinski definition) is 8. The summed E-state index contributed by atoms with van der Waals surface area (Å²) in [5, 5.41) is 11.7. The molecule has 0 amide bonds. The first kappa shape index (κ1) is 21.9. The molecule has 0 aliphatic carbocycles. The van der Waals surface area contributed by atoms with Gasteiger partial charge in [-0.15, -0.1) is 0 Å². The van der Waals surface area contributed by atoms with Gasteiger partial charge < -0.3 is 9.64 Å². The molecule has 2 aliphatic heterocycles. The molecule has 0 atom stereocenters. The Kier molecular flexibility index (Phi) is 6.43. The average molecular weight is 449 g/mol. The first-order chi connectivity index (χ1) is 13.6. The second-order valence-corrected chi connectivity index (χ2v) is 10.8. The van der Waals surface area contributed by atoms with Crippen molar-refractivity contribution >= 4 is 31.4 Å². The van der Waals surface area contributed by atoms with Crippen LogP contribution in [0.3, 0.4) is 0 Å². The van der Waals surface area contributed by atoms with Crippen LogP contribution in [0.25, 0.3) is 0 Å². The zero-order valence-corrected chi connectivity index (χ0v) is 17.7. The van der Waals surface area contributed by atoms with Gasteiger partial charge in [-0.05, 0) is 18.6 Å². The molecule has 1 aromatic rings. The number of anilines is 1. The van der Waals surface area contributed by atoms with Crippen LogP contribution < -0.4 is 4.90 Å². The van der Waals surface area contributed by atoms with E-state index >= 15 is 0 Å². The van der Waals surface area contributed by atoms with E-state index < -0.39 is 25.0 Å². The van der Waals surface area contributed by atoms with E-state index in [-0.39, 0.29) is 55.7 Å². The van der Waals surface area contributed by atoms with Gasteiger partial charge in [0.25, 0.3) is 5.69 Å². The molecule has 29 heavy (non-hydrogen) atoms. The van der Waals surface area contributed by atoms with Gasteiger partial charge >= 0.3 is 0 Å². The molecule has 0 saturated carbocycles. The third kappa shape index (κ3) is 4.86. The molecule has 0 unspecified atom stereocenters. The minimum atomic E-state index is -3.86. The van der Waals surface area contributed by atoms with E-state index in [1.165, 1.54) is 20.7 Å². The maximum atomic E-state index is 12.8. The molecule has 162 valence electrons. The standard InChI is InChI=1S/C16H24N4O7S2/c1-28(23,24)18-6-2-5-17(7-8-18)15-4-3-14(13-16(15)20(21)22)29(25,26)19-9-11-27-12-10-19/h3-4,13H,2,5-12H2,1H3. The normalized spacial score (nSPS) is 20.4. The quantitative estimate of drug-likeness (QED) is 0.457. The lowest BCUT2D eigenvalue weighted by Crippen LogP contribution is -2.40. The third-order valence-electron chi connectivity index (χ3n) is 5.02. The van der Waals surface area contributed by atoms with Crippen molar-refractivity contribution in [1.29, 1.82) is 0 Å². The minimum absolute atomic E-state index is 0.137. The Hall–Kier alpha value is -1.80. The molecule has 2 saturated heterocycles. The van der Waals surface area contributed by atoms with Crippen LogP contribution in [-0.2, 0) is 24.8 Å². The summed E-state index contributed by atoms with van der Waals surface area (Å²) in [6, 6.07) is 3.88. The summed E-state index contributed by atoms with van der Waals surface area (Å²) >= 11 is 0. The highest BCUT2D eigenvalue weighted by atomic mass is 32.2. The Balaban J connectivity index is 1.90. The van der Waals surface area contributed by atoms with E-state index in [1.54, 1.807) is 4.90 Å². The highest BCUT2D eigenvalue weighted by Crippen LogP contribution is 2.32. The van der Waals surface area contributed by atoms with Crippen LogP contribution in [0.15, 0.2) is 23.1 Å². The molecule has 0 spiro atoms. The van der Waals surface area contributed by atoms with Crippen LogP contribution in [0, 0.1) is 10.1 Å². The van der Waals surface area contributed by atoms with Gasteiger partial charge in [0.2, 0.25) is 20.0 Å². The van der Waals surface area contributed by atoms with Crippen molar-refractivity contribution in [2.75, 3.05) is 63.6 Å². The number of hydrogen-bond donors (Lipinski definition) is 0. The fraction of sp³-hybridized carbons (Fsp3) is 0.625. The largest absolute Gasteiger partial charge is 0.379 e. The van der Waals surface area contributed by atoms with Crippen LogP contribution in [0.5, 0.6) is 0 Å². The van der Waals surface area contributed by atoms with Crippen LogP contribution in [-0.4, -0.2) is 89.1 Å². The summed E-state index contributed by atoms with van der Waals surface area (Å²) in [4.78, 5) is 12.7. The molecule has 0 bridgehead atoms. The van der Waals surface area contributed by atoms with E-state index in [9.17, 15) is 26.9 Å². The summed E-state index contributed by atoms with van der Waals surface area (Å²) in [6.07, 6.45) is 1.65. The molecule has 13 heteroatoms. The maximum absolute atomic E-state index is 12.8. The van der Waals surface area contributed by atoms with E-state index in [2.05, 4.69) is 0 Å². The molecule has 3 rings (SSSR count). The zero-order valence-electron chi connectivity index (χ0n) is 16.1. The Bertz CT molecular complexity index is 975. The van der Waals surface area contributed by atoms with Crippen molar-refractivity contribution in [3.63, 3.8) is 0 Å². The van der Waals surface area contributed by atoms with Gasteiger partial charge in [-0.2, -0.15) is 4.31 Å². The number of morpholine rings is 1. The van der Waals surface area contributed by atoms with Crippen molar-refractivity contribution in [2.45, 2.75) is 11.3 Å². The van der Waals surface area contributed by atoms with E-state index in [1.807, 2.05) is 0 Å². The van der Waals surface area contributed by atoms with Crippen LogP contribution in [0.1, 0.15) is 6.42 Å². The molecule has 2 heterocycles. The van der Waals surface area contributed by atoms with Gasteiger partial charge in [0.1, 0.15) is 5.69 Å². The van der Waals surface area contributed by atoms with Gasteiger partial charge in [0.15, 0.2) is 0 Å². The Morgan fingerprint density at radius 3 is 2.28 bits per heavy atom. The number of sulfonamides is 2. The fourth-order valence-electron chi connectivity index (χ4n) is 3.48. The number of nitro groups is 1. The average Bonchev–Trinajstić information content (AvgIpc) is 2.94. The van der Waals surface area contributed by atoms with Crippen LogP contribution >= 0.6 is 0 Å². The lowest BCUT2D eigenvalue weighted by molar-refractivity contribution is -0.384. The summed E-state index contributed by atoms with van der Waals surface area (Å²) in [6.45, 7) is 2.23. The predicted molar refractivity (Wildman–Crippen MR) is 106 cm³/mol. The summed E-state index contributed by atoms with van der Waals surface area (Å²) in [7, 11) is -7.20. The maximum Gasteiger partial charge on any atom is 0.293 e. The van der Waals surface area contributed by atoms with Crippen LogP contribution in [0.2, 0.25) is 0 Å². The summed E-state index contributed by atoms with van der Waals surface area (Å²) in [5.41, 5.74) is -0.0292. The Labute approximate surface area is 170 Å². The second kappa shape index (κ2) is 8.52. The van der Waals surface area contributed by atoms with E-state index in [0.717, 1.165) is 12.3 Å². The van der Waals surface area contributed by atoms with Crippen molar-refractivity contribution in [2.24, 2.45) is 0 Å². The van der Waals surface area contributed by atoms with Gasteiger partial charge in [-0.1, -0.05) is 0 Å². The minimum Gasteiger partial charge on any atom is -0.379 e. The smallest absolute Gasteiger partial charge is 0.293 e. The Morgan fingerprint density at radius 2 is 1.66 bits per heavy atom. The second-order valence-electron chi connectivity index (χ2n) is 6.93.